The fourth-order valence-electron chi connectivity index (χ4n) is 2.87. The van der Waals surface area contributed by atoms with E-state index >= 15 is 0 Å². The number of rotatable bonds is 4. The van der Waals surface area contributed by atoms with Gasteiger partial charge in [0.2, 0.25) is 0 Å². The number of hydrogen-bond acceptors (Lipinski definition) is 3. The van der Waals surface area contributed by atoms with Crippen LogP contribution in [0.25, 0.3) is 16.2 Å². The van der Waals surface area contributed by atoms with Crippen molar-refractivity contribution in [2.24, 2.45) is 0 Å². The van der Waals surface area contributed by atoms with Crippen LogP contribution in [0.1, 0.15) is 16.8 Å². The summed E-state index contributed by atoms with van der Waals surface area (Å²) in [5.74, 6) is 0.918. The van der Waals surface area contributed by atoms with Crippen LogP contribution in [0.15, 0.2) is 60.1 Å². The molecule has 0 saturated carbocycles. The molecule has 0 aliphatic heterocycles. The zero-order valence-corrected chi connectivity index (χ0v) is 15.7. The molecule has 3 nitrogen and oxygen atoms in total. The maximum absolute atomic E-state index is 5.96. The van der Waals surface area contributed by atoms with E-state index in [1.807, 2.05) is 24.3 Å². The molecule has 0 spiro atoms. The Hall–Kier alpha value is -2.30. The first-order chi connectivity index (χ1) is 11.7. The SMILES string of the molecule is Cc1cc(-c2nc3sccn3c2C)ccc1OCc1ccccc1.Cl. The Morgan fingerprint density at radius 3 is 2.60 bits per heavy atom. The Morgan fingerprint density at radius 2 is 1.88 bits per heavy atom. The maximum atomic E-state index is 5.96. The molecule has 0 atom stereocenters. The first-order valence-electron chi connectivity index (χ1n) is 7.92. The predicted octanol–water partition coefficient (Wildman–Crippen LogP) is 5.68. The van der Waals surface area contributed by atoms with E-state index < -0.39 is 0 Å². The number of aromatic nitrogens is 2. The zero-order valence-electron chi connectivity index (χ0n) is 14.1. The highest BCUT2D eigenvalue weighted by atomic mass is 35.5. The van der Waals surface area contributed by atoms with Crippen LogP contribution in [0, 0.1) is 13.8 Å². The van der Waals surface area contributed by atoms with Crippen LogP contribution in [0.3, 0.4) is 0 Å². The number of benzene rings is 2. The van der Waals surface area contributed by atoms with Crippen molar-refractivity contribution in [1.29, 1.82) is 0 Å². The van der Waals surface area contributed by atoms with Gasteiger partial charge in [0.15, 0.2) is 4.96 Å². The molecule has 4 rings (SSSR count). The molecule has 0 aliphatic carbocycles. The molecule has 0 N–H and O–H groups in total. The second-order valence-electron chi connectivity index (χ2n) is 5.86. The normalized spacial score (nSPS) is 10.6. The Kier molecular flexibility index (Phi) is 5.11. The van der Waals surface area contributed by atoms with E-state index in [1.54, 1.807) is 11.3 Å². The monoisotopic (exact) mass is 370 g/mol. The minimum absolute atomic E-state index is 0. The summed E-state index contributed by atoms with van der Waals surface area (Å²) in [6.07, 6.45) is 2.07. The van der Waals surface area contributed by atoms with Crippen LogP contribution in [0.4, 0.5) is 0 Å². The van der Waals surface area contributed by atoms with Crippen molar-refractivity contribution in [2.45, 2.75) is 20.5 Å². The summed E-state index contributed by atoms with van der Waals surface area (Å²) in [5.41, 5.74) is 5.64. The second kappa shape index (κ2) is 7.30. The standard InChI is InChI=1S/C20H18N2OS.ClH/c1-14-12-17(19-15(2)22-10-11-24-20(22)21-19)8-9-18(14)23-13-16-6-4-3-5-7-16;/h3-12H,13H2,1-2H3;1H. The average molecular weight is 371 g/mol. The van der Waals surface area contributed by atoms with Gasteiger partial charge in [-0.2, -0.15) is 0 Å². The molecule has 0 aliphatic rings. The van der Waals surface area contributed by atoms with E-state index in [0.717, 1.165) is 27.5 Å². The third kappa shape index (κ3) is 3.41. The molecule has 0 saturated heterocycles. The lowest BCUT2D eigenvalue weighted by atomic mass is 10.1. The lowest BCUT2D eigenvalue weighted by molar-refractivity contribution is 0.304. The molecular weight excluding hydrogens is 352 g/mol. The van der Waals surface area contributed by atoms with Gasteiger partial charge in [-0.05, 0) is 43.2 Å². The van der Waals surface area contributed by atoms with Gasteiger partial charge < -0.3 is 4.74 Å². The molecule has 5 heteroatoms. The van der Waals surface area contributed by atoms with Crippen molar-refractivity contribution in [2.75, 3.05) is 0 Å². The number of thiazole rings is 1. The van der Waals surface area contributed by atoms with Gasteiger partial charge in [-0.3, -0.25) is 4.40 Å². The molecule has 0 bridgehead atoms. The summed E-state index contributed by atoms with van der Waals surface area (Å²) >= 11 is 1.66. The minimum Gasteiger partial charge on any atom is -0.489 e. The van der Waals surface area contributed by atoms with Crippen molar-refractivity contribution in [3.63, 3.8) is 0 Å². The van der Waals surface area contributed by atoms with Crippen molar-refractivity contribution in [3.05, 3.63) is 76.9 Å². The zero-order chi connectivity index (χ0) is 16.5. The van der Waals surface area contributed by atoms with Gasteiger partial charge in [0, 0.05) is 22.8 Å². The lowest BCUT2D eigenvalue weighted by Crippen LogP contribution is -1.97. The highest BCUT2D eigenvalue weighted by Crippen LogP contribution is 2.30. The predicted molar refractivity (Wildman–Crippen MR) is 106 cm³/mol. The first-order valence-corrected chi connectivity index (χ1v) is 8.80. The van der Waals surface area contributed by atoms with Gasteiger partial charge in [-0.25, -0.2) is 4.98 Å². The summed E-state index contributed by atoms with van der Waals surface area (Å²) < 4.78 is 8.10. The van der Waals surface area contributed by atoms with E-state index in [9.17, 15) is 0 Å². The molecule has 0 amide bonds. The fourth-order valence-corrected chi connectivity index (χ4v) is 3.63. The Labute approximate surface area is 157 Å². The van der Waals surface area contributed by atoms with Crippen LogP contribution in [-0.4, -0.2) is 9.38 Å². The number of ether oxygens (including phenoxy) is 1. The summed E-state index contributed by atoms with van der Waals surface area (Å²) in [7, 11) is 0. The van der Waals surface area contributed by atoms with Crippen molar-refractivity contribution >= 4 is 28.7 Å². The quantitative estimate of drug-likeness (QED) is 0.462. The van der Waals surface area contributed by atoms with Crippen molar-refractivity contribution < 1.29 is 4.74 Å². The van der Waals surface area contributed by atoms with E-state index in [0.29, 0.717) is 6.61 Å². The number of nitrogens with zero attached hydrogens (tertiary/aromatic N) is 2. The van der Waals surface area contributed by atoms with E-state index in [4.69, 9.17) is 9.72 Å². The third-order valence-corrected chi connectivity index (χ3v) is 4.94. The molecule has 128 valence electrons. The Bertz CT molecular complexity index is 992. The number of imidazole rings is 1. The summed E-state index contributed by atoms with van der Waals surface area (Å²) in [4.78, 5) is 5.78. The molecule has 0 radical (unpaired) electrons. The maximum Gasteiger partial charge on any atom is 0.194 e. The van der Waals surface area contributed by atoms with Crippen molar-refractivity contribution in [1.82, 2.24) is 9.38 Å². The molecular formula is C20H19ClN2OS. The number of fused-ring (bicyclic) bond motifs is 1. The Morgan fingerprint density at radius 1 is 1.08 bits per heavy atom. The highest BCUT2D eigenvalue weighted by molar-refractivity contribution is 7.15. The van der Waals surface area contributed by atoms with Gasteiger partial charge in [0.05, 0.1) is 5.69 Å². The van der Waals surface area contributed by atoms with Gasteiger partial charge in [-0.15, -0.1) is 23.7 Å². The smallest absolute Gasteiger partial charge is 0.194 e. The molecule has 2 aromatic heterocycles. The first kappa shape index (κ1) is 17.5. The molecule has 4 aromatic rings. The largest absolute Gasteiger partial charge is 0.489 e. The van der Waals surface area contributed by atoms with Crippen LogP contribution < -0.4 is 4.74 Å². The summed E-state index contributed by atoms with van der Waals surface area (Å²) in [5, 5.41) is 2.06. The number of hydrogen-bond donors (Lipinski definition) is 0. The van der Waals surface area contributed by atoms with Crippen molar-refractivity contribution in [3.8, 4) is 17.0 Å². The second-order valence-corrected chi connectivity index (χ2v) is 6.73. The summed E-state index contributed by atoms with van der Waals surface area (Å²) in [6, 6.07) is 16.5. The van der Waals surface area contributed by atoms with Gasteiger partial charge >= 0.3 is 0 Å². The molecule has 0 unspecified atom stereocenters. The number of aryl methyl sites for hydroxylation is 2. The number of halogens is 1. The fraction of sp³-hybridized carbons (Fsp3) is 0.150. The van der Waals surface area contributed by atoms with Crippen LogP contribution >= 0.6 is 23.7 Å². The average Bonchev–Trinajstić information content (AvgIpc) is 3.18. The third-order valence-electron chi connectivity index (χ3n) is 4.19. The molecule has 2 aromatic carbocycles. The lowest BCUT2D eigenvalue weighted by Gasteiger charge is -2.10. The molecule has 25 heavy (non-hydrogen) atoms. The molecule has 0 fully saturated rings. The van der Waals surface area contributed by atoms with E-state index in [-0.39, 0.29) is 12.4 Å². The van der Waals surface area contributed by atoms with E-state index in [2.05, 4.69) is 54.1 Å². The van der Waals surface area contributed by atoms with Gasteiger partial charge in [0.1, 0.15) is 12.4 Å². The summed E-state index contributed by atoms with van der Waals surface area (Å²) in [6.45, 7) is 4.77. The van der Waals surface area contributed by atoms with Crippen LogP contribution in [-0.2, 0) is 6.61 Å². The van der Waals surface area contributed by atoms with E-state index in [1.165, 1.54) is 11.3 Å². The van der Waals surface area contributed by atoms with Crippen LogP contribution in [0.2, 0.25) is 0 Å². The minimum atomic E-state index is 0. The van der Waals surface area contributed by atoms with Crippen LogP contribution in [0.5, 0.6) is 5.75 Å². The topological polar surface area (TPSA) is 26.5 Å². The van der Waals surface area contributed by atoms with Gasteiger partial charge in [-0.1, -0.05) is 30.3 Å². The Balaban J connectivity index is 0.00000182. The van der Waals surface area contributed by atoms with Gasteiger partial charge in [0.25, 0.3) is 0 Å². The highest BCUT2D eigenvalue weighted by Gasteiger charge is 2.12. The molecule has 2 heterocycles.